The summed E-state index contributed by atoms with van der Waals surface area (Å²) in [6, 6.07) is 0.408. The molecule has 2 N–H and O–H groups in total. The molecular formula is C12H24N2O2S. The maximum atomic E-state index is 11.8. The second-order valence-corrected chi connectivity index (χ2v) is 6.86. The summed E-state index contributed by atoms with van der Waals surface area (Å²) in [6.07, 6.45) is -0.157. The van der Waals surface area contributed by atoms with Gasteiger partial charge in [-0.25, -0.2) is 0 Å². The third kappa shape index (κ3) is 4.48. The molecule has 2 unspecified atom stereocenters. The van der Waals surface area contributed by atoms with Crippen molar-refractivity contribution in [2.24, 2.45) is 0 Å². The van der Waals surface area contributed by atoms with Crippen LogP contribution in [-0.4, -0.2) is 51.8 Å². The molecule has 0 aliphatic carbocycles. The zero-order valence-electron chi connectivity index (χ0n) is 11.1. The first kappa shape index (κ1) is 14.8. The Kier molecular flexibility index (Phi) is 5.76. The molecule has 0 aromatic carbocycles. The van der Waals surface area contributed by atoms with Crippen LogP contribution in [0.15, 0.2) is 0 Å². The Morgan fingerprint density at radius 2 is 2.12 bits per heavy atom. The second kappa shape index (κ2) is 6.61. The van der Waals surface area contributed by atoms with Crippen molar-refractivity contribution in [3.8, 4) is 0 Å². The lowest BCUT2D eigenvalue weighted by Crippen LogP contribution is -2.41. The van der Waals surface area contributed by atoms with Gasteiger partial charge < -0.3 is 15.3 Å². The van der Waals surface area contributed by atoms with E-state index in [1.165, 1.54) is 0 Å². The Morgan fingerprint density at radius 1 is 1.47 bits per heavy atom. The summed E-state index contributed by atoms with van der Waals surface area (Å²) < 4.78 is 0. The molecule has 2 atom stereocenters. The molecule has 5 heteroatoms. The molecule has 0 saturated carbocycles. The molecule has 17 heavy (non-hydrogen) atoms. The number of carbonyl (C=O) groups is 1. The van der Waals surface area contributed by atoms with Gasteiger partial charge in [-0.15, -0.1) is 0 Å². The van der Waals surface area contributed by atoms with Crippen molar-refractivity contribution in [1.29, 1.82) is 0 Å². The molecular weight excluding hydrogens is 236 g/mol. The van der Waals surface area contributed by atoms with Gasteiger partial charge in [0.2, 0.25) is 5.91 Å². The number of hydrogen-bond donors (Lipinski definition) is 2. The lowest BCUT2D eigenvalue weighted by molar-refractivity contribution is -0.133. The number of thioether (sulfide) groups is 1. The van der Waals surface area contributed by atoms with Gasteiger partial charge in [-0.2, -0.15) is 11.8 Å². The maximum absolute atomic E-state index is 11.8. The number of nitrogens with one attached hydrogen (secondary N) is 1. The minimum absolute atomic E-state index is 0.0292. The average molecular weight is 260 g/mol. The molecule has 0 spiro atoms. The molecule has 1 aliphatic rings. The largest absolute Gasteiger partial charge is 0.372 e. The maximum Gasteiger partial charge on any atom is 0.225 e. The van der Waals surface area contributed by atoms with Crippen molar-refractivity contribution in [2.75, 3.05) is 13.1 Å². The first-order chi connectivity index (χ1) is 7.91. The van der Waals surface area contributed by atoms with Gasteiger partial charge in [0.15, 0.2) is 0 Å². The molecule has 1 heterocycles. The predicted octanol–water partition coefficient (Wildman–Crippen LogP) is 1.05. The predicted molar refractivity (Wildman–Crippen MR) is 72.0 cm³/mol. The van der Waals surface area contributed by atoms with Crippen molar-refractivity contribution >= 4 is 17.7 Å². The molecule has 1 rings (SSSR count). The van der Waals surface area contributed by atoms with Crippen molar-refractivity contribution < 1.29 is 9.90 Å². The number of nitrogens with zero attached hydrogens (tertiary/aromatic N) is 1. The molecule has 0 aromatic heterocycles. The fourth-order valence-electron chi connectivity index (χ4n) is 1.94. The summed E-state index contributed by atoms with van der Waals surface area (Å²) in [5.74, 6) is 0.0706. The van der Waals surface area contributed by atoms with Gasteiger partial charge in [-0.05, 0) is 5.25 Å². The molecule has 100 valence electrons. The fourth-order valence-corrected chi connectivity index (χ4v) is 3.17. The first-order valence-corrected chi connectivity index (χ1v) is 7.22. The minimum Gasteiger partial charge on any atom is -0.372 e. The topological polar surface area (TPSA) is 52.6 Å². The zero-order valence-corrected chi connectivity index (χ0v) is 12.0. The smallest absolute Gasteiger partial charge is 0.225 e. The van der Waals surface area contributed by atoms with Crippen LogP contribution in [0.5, 0.6) is 0 Å². The summed E-state index contributed by atoms with van der Waals surface area (Å²) >= 11 is 1.68. The van der Waals surface area contributed by atoms with Crippen LogP contribution in [0.2, 0.25) is 0 Å². The van der Waals surface area contributed by atoms with Gasteiger partial charge in [0, 0.05) is 25.6 Å². The average Bonchev–Trinajstić information content (AvgIpc) is 2.44. The van der Waals surface area contributed by atoms with E-state index in [0.717, 1.165) is 6.54 Å². The van der Waals surface area contributed by atoms with E-state index in [1.807, 2.05) is 0 Å². The van der Waals surface area contributed by atoms with Crippen LogP contribution >= 0.6 is 11.8 Å². The van der Waals surface area contributed by atoms with E-state index in [9.17, 15) is 9.90 Å². The van der Waals surface area contributed by atoms with Gasteiger partial charge >= 0.3 is 0 Å². The molecule has 1 fully saturated rings. The lowest BCUT2D eigenvalue weighted by atomic mass is 10.3. The Morgan fingerprint density at radius 3 is 2.65 bits per heavy atom. The monoisotopic (exact) mass is 260 g/mol. The van der Waals surface area contributed by atoms with Gasteiger partial charge in [0.05, 0.1) is 5.25 Å². The van der Waals surface area contributed by atoms with Crippen molar-refractivity contribution in [1.82, 2.24) is 10.2 Å². The van der Waals surface area contributed by atoms with E-state index >= 15 is 0 Å². The second-order valence-electron chi connectivity index (χ2n) is 5.04. The van der Waals surface area contributed by atoms with Crippen molar-refractivity contribution in [3.63, 3.8) is 0 Å². The van der Waals surface area contributed by atoms with E-state index in [1.54, 1.807) is 16.7 Å². The van der Waals surface area contributed by atoms with E-state index in [0.29, 0.717) is 24.3 Å². The minimum atomic E-state index is -0.621. The van der Waals surface area contributed by atoms with Crippen LogP contribution < -0.4 is 5.32 Å². The van der Waals surface area contributed by atoms with E-state index < -0.39 is 6.23 Å². The highest BCUT2D eigenvalue weighted by Crippen LogP contribution is 2.30. The van der Waals surface area contributed by atoms with Crippen LogP contribution in [-0.2, 0) is 4.79 Å². The number of likely N-dealkylation sites (tertiary alicyclic amines) is 1. The van der Waals surface area contributed by atoms with Crippen molar-refractivity contribution in [2.45, 2.75) is 56.9 Å². The Labute approximate surface area is 108 Å². The molecule has 0 bridgehead atoms. The molecule has 1 saturated heterocycles. The summed E-state index contributed by atoms with van der Waals surface area (Å²) in [7, 11) is 0. The normalized spacial score (nSPS) is 25.4. The number of aliphatic hydroxyl groups excluding tert-OH is 1. The van der Waals surface area contributed by atoms with Crippen LogP contribution in [0.4, 0.5) is 0 Å². The quantitative estimate of drug-likeness (QED) is 0.749. The SMILES string of the molecule is CC(C)NCCN1C(=O)CC(SC(C)C)C1O. The van der Waals surface area contributed by atoms with Crippen LogP contribution in [0.3, 0.4) is 0 Å². The van der Waals surface area contributed by atoms with Crippen LogP contribution in [0, 0.1) is 0 Å². The van der Waals surface area contributed by atoms with Gasteiger partial charge in [0.1, 0.15) is 6.23 Å². The van der Waals surface area contributed by atoms with Crippen LogP contribution in [0.1, 0.15) is 34.1 Å². The molecule has 4 nitrogen and oxygen atoms in total. The summed E-state index contributed by atoms with van der Waals surface area (Å²) in [6.45, 7) is 9.64. The molecule has 0 aromatic rings. The zero-order chi connectivity index (χ0) is 13.0. The molecule has 0 radical (unpaired) electrons. The van der Waals surface area contributed by atoms with E-state index in [4.69, 9.17) is 0 Å². The number of carbonyl (C=O) groups excluding carboxylic acids is 1. The fraction of sp³-hybridized carbons (Fsp3) is 0.917. The number of rotatable bonds is 6. The standard InChI is InChI=1S/C12H24N2O2S/c1-8(2)13-5-6-14-11(15)7-10(12(14)16)17-9(3)4/h8-10,12-13,16H,5-7H2,1-4H3. The third-order valence-corrected chi connectivity index (χ3v) is 4.00. The van der Waals surface area contributed by atoms with Gasteiger partial charge in [0.25, 0.3) is 0 Å². The molecule has 1 aliphatic heterocycles. The summed E-state index contributed by atoms with van der Waals surface area (Å²) in [5.41, 5.74) is 0. The number of amides is 1. The highest BCUT2D eigenvalue weighted by molar-refractivity contribution is 8.00. The summed E-state index contributed by atoms with van der Waals surface area (Å²) in [5, 5.41) is 13.8. The summed E-state index contributed by atoms with van der Waals surface area (Å²) in [4.78, 5) is 13.4. The Hall–Kier alpha value is -0.260. The van der Waals surface area contributed by atoms with E-state index in [-0.39, 0.29) is 11.2 Å². The van der Waals surface area contributed by atoms with Gasteiger partial charge in [-0.1, -0.05) is 27.7 Å². The van der Waals surface area contributed by atoms with E-state index in [2.05, 4.69) is 33.0 Å². The van der Waals surface area contributed by atoms with Crippen LogP contribution in [0.25, 0.3) is 0 Å². The number of hydrogen-bond acceptors (Lipinski definition) is 4. The number of aliphatic hydroxyl groups is 1. The molecule has 1 amide bonds. The highest BCUT2D eigenvalue weighted by atomic mass is 32.2. The highest BCUT2D eigenvalue weighted by Gasteiger charge is 2.38. The third-order valence-electron chi connectivity index (χ3n) is 2.70. The van der Waals surface area contributed by atoms with Crippen molar-refractivity contribution in [3.05, 3.63) is 0 Å². The first-order valence-electron chi connectivity index (χ1n) is 6.28. The lowest BCUT2D eigenvalue weighted by Gasteiger charge is -2.24. The Bertz CT molecular complexity index is 259. The van der Waals surface area contributed by atoms with Gasteiger partial charge in [-0.3, -0.25) is 4.79 Å². The Balaban J connectivity index is 2.42.